The molecule has 0 amide bonds. The van der Waals surface area contributed by atoms with E-state index >= 15 is 0 Å². The number of carbonyl (C=O) groups excluding carboxylic acids is 1. The molecule has 2 nitrogen and oxygen atoms in total. The number of rotatable bonds is 0. The van der Waals surface area contributed by atoms with Gasteiger partial charge in [0, 0.05) is 5.92 Å². The van der Waals surface area contributed by atoms with E-state index in [2.05, 4.69) is 22.0 Å². The number of esters is 1. The summed E-state index contributed by atoms with van der Waals surface area (Å²) in [5.41, 5.74) is 0. The van der Waals surface area contributed by atoms with Gasteiger partial charge in [-0.2, -0.15) is 0 Å². The average molecular weight is 203 g/mol. The maximum absolute atomic E-state index is 10.7. The number of alkyl halides is 1. The first kappa shape index (κ1) is 6.40. The summed E-state index contributed by atoms with van der Waals surface area (Å²) < 4.78 is 5.05. The minimum Gasteiger partial charge on any atom is -0.460 e. The molecule has 0 bridgehead atoms. The van der Waals surface area contributed by atoms with Crippen molar-refractivity contribution in [1.82, 2.24) is 0 Å². The van der Waals surface area contributed by atoms with Crippen LogP contribution >= 0.6 is 15.9 Å². The van der Waals surface area contributed by atoms with Gasteiger partial charge in [0.25, 0.3) is 0 Å². The van der Waals surface area contributed by atoms with Crippen molar-refractivity contribution in [3.05, 3.63) is 12.2 Å². The summed E-state index contributed by atoms with van der Waals surface area (Å²) in [5.74, 6) is 0.265. The number of halogens is 1. The molecule has 1 aliphatic heterocycles. The third kappa shape index (κ3) is 0.804. The van der Waals surface area contributed by atoms with Gasteiger partial charge in [0.1, 0.15) is 6.10 Å². The molecule has 10 heavy (non-hydrogen) atoms. The van der Waals surface area contributed by atoms with Crippen molar-refractivity contribution in [2.45, 2.75) is 17.4 Å². The fraction of sp³-hybridized carbons (Fsp3) is 0.571. The molecule has 1 saturated heterocycles. The smallest absolute Gasteiger partial charge is 0.306 e. The molecule has 0 aromatic heterocycles. The third-order valence-corrected chi connectivity index (χ3v) is 2.77. The summed E-state index contributed by atoms with van der Waals surface area (Å²) in [6.07, 6.45) is 4.73. The molecule has 1 aliphatic carbocycles. The highest BCUT2D eigenvalue weighted by Gasteiger charge is 2.40. The first-order valence-electron chi connectivity index (χ1n) is 3.29. The molecule has 0 unspecified atom stereocenters. The van der Waals surface area contributed by atoms with Crippen LogP contribution in [0.2, 0.25) is 0 Å². The zero-order valence-electron chi connectivity index (χ0n) is 5.29. The average Bonchev–Trinajstić information content (AvgIpc) is 2.35. The number of fused-ring (bicyclic) bond motifs is 1. The lowest BCUT2D eigenvalue weighted by atomic mass is 10.1. The van der Waals surface area contributed by atoms with E-state index in [0.29, 0.717) is 12.3 Å². The van der Waals surface area contributed by atoms with Crippen molar-refractivity contribution < 1.29 is 9.53 Å². The first-order chi connectivity index (χ1) is 4.77. The first-order valence-corrected chi connectivity index (χ1v) is 4.21. The molecule has 3 heteroatoms. The van der Waals surface area contributed by atoms with Crippen molar-refractivity contribution in [2.75, 3.05) is 0 Å². The van der Waals surface area contributed by atoms with Crippen LogP contribution in [0.5, 0.6) is 0 Å². The van der Waals surface area contributed by atoms with Crippen LogP contribution in [0.15, 0.2) is 12.2 Å². The molecular weight excluding hydrogens is 196 g/mol. The van der Waals surface area contributed by atoms with Gasteiger partial charge < -0.3 is 4.74 Å². The van der Waals surface area contributed by atoms with Crippen LogP contribution in [0.3, 0.4) is 0 Å². The lowest BCUT2D eigenvalue weighted by molar-refractivity contribution is -0.141. The van der Waals surface area contributed by atoms with Gasteiger partial charge in [-0.1, -0.05) is 28.1 Å². The summed E-state index contributed by atoms with van der Waals surface area (Å²) >= 11 is 3.41. The Hall–Kier alpha value is -0.310. The highest BCUT2D eigenvalue weighted by atomic mass is 79.9. The molecule has 0 N–H and O–H groups in total. The van der Waals surface area contributed by atoms with E-state index in [1.54, 1.807) is 0 Å². The van der Waals surface area contributed by atoms with E-state index in [9.17, 15) is 4.79 Å². The van der Waals surface area contributed by atoms with Crippen molar-refractivity contribution >= 4 is 21.9 Å². The Morgan fingerprint density at radius 2 is 2.40 bits per heavy atom. The molecule has 54 valence electrons. The van der Waals surface area contributed by atoms with Crippen LogP contribution in [-0.2, 0) is 9.53 Å². The molecule has 0 saturated carbocycles. The SMILES string of the molecule is O=C1C[C@H]2C=C[C@H](Br)[C@H]2O1. The van der Waals surface area contributed by atoms with Crippen LogP contribution < -0.4 is 0 Å². The molecule has 0 spiro atoms. The molecular formula is C7H7BrO2. The Bertz CT molecular complexity index is 200. The van der Waals surface area contributed by atoms with Gasteiger partial charge >= 0.3 is 5.97 Å². The Morgan fingerprint density at radius 3 is 3.10 bits per heavy atom. The summed E-state index contributed by atoms with van der Waals surface area (Å²) in [5, 5.41) is 0. The highest BCUT2D eigenvalue weighted by Crippen LogP contribution is 2.34. The van der Waals surface area contributed by atoms with Crippen molar-refractivity contribution in [1.29, 1.82) is 0 Å². The molecule has 0 radical (unpaired) electrons. The maximum atomic E-state index is 10.7. The van der Waals surface area contributed by atoms with E-state index in [4.69, 9.17) is 4.74 Å². The van der Waals surface area contributed by atoms with Crippen molar-refractivity contribution in [3.8, 4) is 0 Å². The van der Waals surface area contributed by atoms with Crippen LogP contribution in [-0.4, -0.2) is 16.9 Å². The van der Waals surface area contributed by atoms with Gasteiger partial charge in [-0.3, -0.25) is 4.79 Å². The molecule has 0 aromatic rings. The summed E-state index contributed by atoms with van der Waals surface area (Å²) in [6, 6.07) is 0. The summed E-state index contributed by atoms with van der Waals surface area (Å²) in [6.45, 7) is 0. The van der Waals surface area contributed by atoms with Crippen molar-refractivity contribution in [3.63, 3.8) is 0 Å². The number of carbonyl (C=O) groups is 1. The van der Waals surface area contributed by atoms with Gasteiger partial charge in [-0.25, -0.2) is 0 Å². The highest BCUT2D eigenvalue weighted by molar-refractivity contribution is 9.09. The van der Waals surface area contributed by atoms with E-state index in [-0.39, 0.29) is 16.9 Å². The van der Waals surface area contributed by atoms with Gasteiger partial charge in [0.15, 0.2) is 0 Å². The van der Waals surface area contributed by atoms with Gasteiger partial charge in [-0.15, -0.1) is 0 Å². The van der Waals surface area contributed by atoms with E-state index < -0.39 is 0 Å². The molecule has 1 fully saturated rings. The fourth-order valence-corrected chi connectivity index (χ4v) is 2.11. The largest absolute Gasteiger partial charge is 0.460 e. The fourth-order valence-electron chi connectivity index (χ4n) is 1.43. The zero-order valence-corrected chi connectivity index (χ0v) is 6.87. The summed E-state index contributed by atoms with van der Waals surface area (Å²) in [4.78, 5) is 11.0. The normalized spacial score (nSPS) is 43.7. The standard InChI is InChI=1S/C7H7BrO2/c8-5-2-1-4-3-6(9)10-7(4)5/h1-2,4-5,7H,3H2/t4-,5+,7+/m1/s1. The Balaban J connectivity index is 2.19. The van der Waals surface area contributed by atoms with Gasteiger partial charge in [0.2, 0.25) is 0 Å². The van der Waals surface area contributed by atoms with E-state index in [0.717, 1.165) is 0 Å². The van der Waals surface area contributed by atoms with Crippen LogP contribution in [0.4, 0.5) is 0 Å². The van der Waals surface area contributed by atoms with Gasteiger partial charge in [-0.05, 0) is 0 Å². The Labute approximate surface area is 67.4 Å². The van der Waals surface area contributed by atoms with Crippen LogP contribution in [0, 0.1) is 5.92 Å². The topological polar surface area (TPSA) is 26.3 Å². The Morgan fingerprint density at radius 1 is 1.60 bits per heavy atom. The van der Waals surface area contributed by atoms with Crippen LogP contribution in [0.25, 0.3) is 0 Å². The summed E-state index contributed by atoms with van der Waals surface area (Å²) in [7, 11) is 0. The quantitative estimate of drug-likeness (QED) is 0.336. The second-order valence-corrected chi connectivity index (χ2v) is 3.71. The van der Waals surface area contributed by atoms with Crippen LogP contribution in [0.1, 0.15) is 6.42 Å². The minimum atomic E-state index is -0.0659. The minimum absolute atomic E-state index is 0.0659. The van der Waals surface area contributed by atoms with Gasteiger partial charge in [0.05, 0.1) is 11.2 Å². The second-order valence-electron chi connectivity index (χ2n) is 2.65. The number of ether oxygens (including phenoxy) is 1. The monoisotopic (exact) mass is 202 g/mol. The Kier molecular flexibility index (Phi) is 1.34. The number of hydrogen-bond donors (Lipinski definition) is 0. The lowest BCUT2D eigenvalue weighted by Crippen LogP contribution is -2.18. The molecule has 3 atom stereocenters. The molecule has 1 heterocycles. The zero-order chi connectivity index (χ0) is 7.14. The maximum Gasteiger partial charge on any atom is 0.306 e. The van der Waals surface area contributed by atoms with Crippen molar-refractivity contribution in [2.24, 2.45) is 5.92 Å². The lowest BCUT2D eigenvalue weighted by Gasteiger charge is -2.10. The molecule has 2 rings (SSSR count). The van der Waals surface area contributed by atoms with E-state index in [1.807, 2.05) is 6.08 Å². The molecule has 0 aromatic carbocycles. The molecule has 2 aliphatic rings. The predicted octanol–water partition coefficient (Wildman–Crippen LogP) is 1.25. The predicted molar refractivity (Wildman–Crippen MR) is 39.8 cm³/mol. The third-order valence-electron chi connectivity index (χ3n) is 1.95. The second kappa shape index (κ2) is 2.09. The van der Waals surface area contributed by atoms with E-state index in [1.165, 1.54) is 0 Å². The number of hydrogen-bond acceptors (Lipinski definition) is 2.